The summed E-state index contributed by atoms with van der Waals surface area (Å²) in [5.74, 6) is -0.403. The van der Waals surface area contributed by atoms with Gasteiger partial charge < -0.3 is 15.5 Å². The summed E-state index contributed by atoms with van der Waals surface area (Å²) in [7, 11) is 4.02. The second-order valence-corrected chi connectivity index (χ2v) is 6.63. The lowest BCUT2D eigenvalue weighted by molar-refractivity contribution is -0.125. The number of nitrogens with zero attached hydrogens (tertiary/aromatic N) is 1. The molecule has 1 fully saturated rings. The van der Waals surface area contributed by atoms with Gasteiger partial charge in [-0.3, -0.25) is 9.59 Å². The van der Waals surface area contributed by atoms with E-state index in [2.05, 4.69) is 15.5 Å². The minimum absolute atomic E-state index is 0.00451. The third kappa shape index (κ3) is 4.79. The van der Waals surface area contributed by atoms with Crippen molar-refractivity contribution < 1.29 is 9.59 Å². The summed E-state index contributed by atoms with van der Waals surface area (Å²) in [6, 6.07) is 5.85. The first-order valence-electron chi connectivity index (χ1n) is 8.19. The molecule has 0 aliphatic heterocycles. The lowest BCUT2D eigenvalue weighted by Gasteiger charge is -2.11. The zero-order chi connectivity index (χ0) is 17.0. The molecule has 1 aromatic carbocycles. The normalized spacial score (nSPS) is 19.5. The van der Waals surface area contributed by atoms with Crippen LogP contribution in [0.4, 0.5) is 5.69 Å². The van der Waals surface area contributed by atoms with Crippen LogP contribution < -0.4 is 10.6 Å². The second-order valence-electron chi connectivity index (χ2n) is 6.63. The standard InChI is InChI=1S/C18H27N3O2/c1-12-7-5-8-16(13(12)2)20-18(23)15-11-14(15)17(22)19-9-6-10-21(3)4/h5,7-8,14-15H,6,9-11H2,1-4H3,(H,19,22)(H,20,23). The van der Waals surface area contributed by atoms with E-state index < -0.39 is 0 Å². The molecular weight excluding hydrogens is 290 g/mol. The molecule has 0 saturated heterocycles. The van der Waals surface area contributed by atoms with Crippen molar-refractivity contribution >= 4 is 17.5 Å². The molecule has 0 heterocycles. The first-order chi connectivity index (χ1) is 10.9. The fourth-order valence-corrected chi connectivity index (χ4v) is 2.62. The van der Waals surface area contributed by atoms with Crippen molar-refractivity contribution in [2.75, 3.05) is 32.5 Å². The Morgan fingerprint density at radius 3 is 2.57 bits per heavy atom. The Balaban J connectivity index is 1.78. The smallest absolute Gasteiger partial charge is 0.228 e. The Bertz CT molecular complexity index is 584. The number of benzene rings is 1. The van der Waals surface area contributed by atoms with E-state index in [-0.39, 0.29) is 23.7 Å². The molecule has 2 rings (SSSR count). The summed E-state index contributed by atoms with van der Waals surface area (Å²) in [5, 5.41) is 5.88. The van der Waals surface area contributed by atoms with Crippen LogP contribution in [0.25, 0.3) is 0 Å². The summed E-state index contributed by atoms with van der Waals surface area (Å²) < 4.78 is 0. The fourth-order valence-electron chi connectivity index (χ4n) is 2.62. The van der Waals surface area contributed by atoms with E-state index in [9.17, 15) is 9.59 Å². The van der Waals surface area contributed by atoms with Gasteiger partial charge in [0.25, 0.3) is 0 Å². The molecule has 23 heavy (non-hydrogen) atoms. The highest BCUT2D eigenvalue weighted by Gasteiger charge is 2.47. The number of nitrogens with one attached hydrogen (secondary N) is 2. The van der Waals surface area contributed by atoms with Gasteiger partial charge in [0, 0.05) is 12.2 Å². The monoisotopic (exact) mass is 317 g/mol. The van der Waals surface area contributed by atoms with Gasteiger partial charge in [-0.05, 0) is 64.5 Å². The van der Waals surface area contributed by atoms with Crippen molar-refractivity contribution in [3.05, 3.63) is 29.3 Å². The molecule has 126 valence electrons. The van der Waals surface area contributed by atoms with Crippen molar-refractivity contribution in [1.29, 1.82) is 0 Å². The Hall–Kier alpha value is -1.88. The molecule has 0 spiro atoms. The Morgan fingerprint density at radius 1 is 1.17 bits per heavy atom. The highest BCUT2D eigenvalue weighted by molar-refractivity contribution is 6.00. The number of carbonyl (C=O) groups is 2. The molecule has 1 saturated carbocycles. The largest absolute Gasteiger partial charge is 0.356 e. The predicted molar refractivity (Wildman–Crippen MR) is 92.3 cm³/mol. The van der Waals surface area contributed by atoms with Crippen LogP contribution in [-0.4, -0.2) is 43.9 Å². The summed E-state index contributed by atoms with van der Waals surface area (Å²) in [5.41, 5.74) is 3.06. The zero-order valence-electron chi connectivity index (χ0n) is 14.5. The van der Waals surface area contributed by atoms with Crippen molar-refractivity contribution in [1.82, 2.24) is 10.2 Å². The first-order valence-corrected chi connectivity index (χ1v) is 8.19. The van der Waals surface area contributed by atoms with E-state index in [4.69, 9.17) is 0 Å². The molecule has 0 bridgehead atoms. The van der Waals surface area contributed by atoms with Gasteiger partial charge >= 0.3 is 0 Å². The van der Waals surface area contributed by atoms with Gasteiger partial charge in [0.05, 0.1) is 11.8 Å². The minimum Gasteiger partial charge on any atom is -0.356 e. The van der Waals surface area contributed by atoms with Crippen LogP contribution >= 0.6 is 0 Å². The van der Waals surface area contributed by atoms with Gasteiger partial charge in [0.15, 0.2) is 0 Å². The van der Waals surface area contributed by atoms with Gasteiger partial charge in [-0.1, -0.05) is 12.1 Å². The first kappa shape index (κ1) is 17.5. The molecular formula is C18H27N3O2. The molecule has 5 nitrogen and oxygen atoms in total. The number of aryl methyl sites for hydroxylation is 1. The maximum Gasteiger partial charge on any atom is 0.228 e. The lowest BCUT2D eigenvalue weighted by atomic mass is 10.1. The van der Waals surface area contributed by atoms with E-state index >= 15 is 0 Å². The molecule has 1 aliphatic carbocycles. The Morgan fingerprint density at radius 2 is 1.87 bits per heavy atom. The third-order valence-electron chi connectivity index (χ3n) is 4.41. The third-order valence-corrected chi connectivity index (χ3v) is 4.41. The lowest BCUT2D eigenvalue weighted by Crippen LogP contribution is -2.30. The molecule has 0 radical (unpaired) electrons. The number of rotatable bonds is 7. The van der Waals surface area contributed by atoms with Gasteiger partial charge in [-0.15, -0.1) is 0 Å². The summed E-state index contributed by atoms with van der Waals surface area (Å²) in [4.78, 5) is 26.4. The molecule has 2 atom stereocenters. The van der Waals surface area contributed by atoms with Crippen LogP contribution in [0.5, 0.6) is 0 Å². The molecule has 1 aromatic rings. The van der Waals surface area contributed by atoms with Crippen LogP contribution in [0.15, 0.2) is 18.2 Å². The topological polar surface area (TPSA) is 61.4 Å². The molecule has 2 amide bonds. The van der Waals surface area contributed by atoms with Crippen LogP contribution in [0.1, 0.15) is 24.0 Å². The zero-order valence-corrected chi connectivity index (χ0v) is 14.5. The minimum atomic E-state index is -0.191. The van der Waals surface area contributed by atoms with Crippen LogP contribution in [0.3, 0.4) is 0 Å². The number of hydrogen-bond acceptors (Lipinski definition) is 3. The summed E-state index contributed by atoms with van der Waals surface area (Å²) in [6.45, 7) is 5.62. The highest BCUT2D eigenvalue weighted by atomic mass is 16.2. The predicted octanol–water partition coefficient (Wildman–Crippen LogP) is 1.95. The van der Waals surface area contributed by atoms with Gasteiger partial charge in [0.2, 0.25) is 11.8 Å². The molecule has 5 heteroatoms. The van der Waals surface area contributed by atoms with Crippen molar-refractivity contribution in [3.8, 4) is 0 Å². The Labute approximate surface area is 138 Å². The fraction of sp³-hybridized carbons (Fsp3) is 0.556. The van der Waals surface area contributed by atoms with E-state index in [1.54, 1.807) is 0 Å². The van der Waals surface area contributed by atoms with Crippen molar-refractivity contribution in [2.24, 2.45) is 11.8 Å². The van der Waals surface area contributed by atoms with Gasteiger partial charge in [-0.2, -0.15) is 0 Å². The van der Waals surface area contributed by atoms with E-state index in [0.717, 1.165) is 29.8 Å². The quantitative estimate of drug-likeness (QED) is 0.756. The van der Waals surface area contributed by atoms with E-state index in [1.165, 1.54) is 0 Å². The molecule has 1 aliphatic rings. The van der Waals surface area contributed by atoms with Crippen molar-refractivity contribution in [3.63, 3.8) is 0 Å². The number of amides is 2. The molecule has 2 N–H and O–H groups in total. The number of anilines is 1. The average Bonchev–Trinajstić information content (AvgIpc) is 3.28. The van der Waals surface area contributed by atoms with E-state index in [0.29, 0.717) is 13.0 Å². The molecule has 0 aromatic heterocycles. The number of hydrogen-bond donors (Lipinski definition) is 2. The van der Waals surface area contributed by atoms with Gasteiger partial charge in [-0.25, -0.2) is 0 Å². The Kier molecular flexibility index (Phi) is 5.77. The highest BCUT2D eigenvalue weighted by Crippen LogP contribution is 2.39. The van der Waals surface area contributed by atoms with Crippen LogP contribution in [0, 0.1) is 25.7 Å². The van der Waals surface area contributed by atoms with Crippen LogP contribution in [-0.2, 0) is 9.59 Å². The SMILES string of the molecule is Cc1cccc(NC(=O)C2CC2C(=O)NCCCN(C)C)c1C. The summed E-state index contributed by atoms with van der Waals surface area (Å²) >= 11 is 0. The van der Waals surface area contributed by atoms with Crippen molar-refractivity contribution in [2.45, 2.75) is 26.7 Å². The van der Waals surface area contributed by atoms with E-state index in [1.807, 2.05) is 46.1 Å². The average molecular weight is 317 g/mol. The van der Waals surface area contributed by atoms with Crippen LogP contribution in [0.2, 0.25) is 0 Å². The maximum absolute atomic E-state index is 12.3. The second kappa shape index (κ2) is 7.59. The molecule has 2 unspecified atom stereocenters. The number of carbonyl (C=O) groups excluding carboxylic acids is 2. The maximum atomic E-state index is 12.3. The van der Waals surface area contributed by atoms with Gasteiger partial charge in [0.1, 0.15) is 0 Å². The summed E-state index contributed by atoms with van der Waals surface area (Å²) in [6.07, 6.45) is 1.57.